The Balaban J connectivity index is 1.25. The lowest BCUT2D eigenvalue weighted by Crippen LogP contribution is -2.34. The summed E-state index contributed by atoms with van der Waals surface area (Å²) in [5, 5.41) is 47.3. The molecule has 8 heteroatoms. The summed E-state index contributed by atoms with van der Waals surface area (Å²) >= 11 is 0. The molecule has 0 aliphatic heterocycles. The first-order valence-electron chi connectivity index (χ1n) is 19.7. The minimum atomic E-state index is -1.02. The molecule has 282 valence electrons. The van der Waals surface area contributed by atoms with Crippen LogP contribution in [-0.2, 0) is 11.2 Å². The molecule has 51 heavy (non-hydrogen) atoms. The molecule has 1 aromatic carbocycles. The number of benzene rings is 1. The van der Waals surface area contributed by atoms with Gasteiger partial charge in [0, 0.05) is 18.2 Å². The highest BCUT2D eigenvalue weighted by atomic mass is 16.4. The smallest absolute Gasteiger partial charge is 0.309 e. The first kappa shape index (κ1) is 40.7. The van der Waals surface area contributed by atoms with Crippen LogP contribution in [0.2, 0.25) is 0 Å². The fourth-order valence-corrected chi connectivity index (χ4v) is 8.39. The number of rotatable bonds is 22. The monoisotopic (exact) mass is 703 g/mol. The second-order valence-electron chi connectivity index (χ2n) is 15.7. The molecule has 0 amide bonds. The van der Waals surface area contributed by atoms with Gasteiger partial charge in [-0.1, -0.05) is 100 Å². The molecule has 1 heterocycles. The molecule has 7 N–H and O–H groups in total. The van der Waals surface area contributed by atoms with Gasteiger partial charge in [-0.2, -0.15) is 0 Å². The summed E-state index contributed by atoms with van der Waals surface area (Å²) in [6, 6.07) is 14.2. The molecule has 2 aliphatic carbocycles. The van der Waals surface area contributed by atoms with Crippen LogP contribution in [0.15, 0.2) is 66.9 Å². The van der Waals surface area contributed by atoms with Crippen molar-refractivity contribution in [3.63, 3.8) is 0 Å². The number of aliphatic hydroxyl groups is 3. The first-order chi connectivity index (χ1) is 24.5. The van der Waals surface area contributed by atoms with E-state index in [1.165, 1.54) is 19.3 Å². The third-order valence-corrected chi connectivity index (χ3v) is 11.5. The van der Waals surface area contributed by atoms with Crippen molar-refractivity contribution in [3.8, 4) is 0 Å². The molecule has 1 saturated carbocycles. The normalized spacial score (nSPS) is 26.7. The van der Waals surface area contributed by atoms with Gasteiger partial charge in [0.1, 0.15) is 5.82 Å². The van der Waals surface area contributed by atoms with Crippen LogP contribution in [0.25, 0.3) is 6.08 Å². The average Bonchev–Trinajstić information content (AvgIpc) is 3.42. The van der Waals surface area contributed by atoms with Crippen molar-refractivity contribution < 1.29 is 25.2 Å². The average molecular weight is 704 g/mol. The van der Waals surface area contributed by atoms with E-state index in [1.54, 1.807) is 6.20 Å². The summed E-state index contributed by atoms with van der Waals surface area (Å²) < 4.78 is 0. The lowest BCUT2D eigenvalue weighted by molar-refractivity contribution is -0.146. The van der Waals surface area contributed by atoms with Crippen LogP contribution in [0, 0.1) is 29.6 Å². The summed E-state index contributed by atoms with van der Waals surface area (Å²) in [6.07, 6.45) is 21.2. The van der Waals surface area contributed by atoms with Crippen LogP contribution >= 0.6 is 0 Å². The number of nitrogens with one attached hydrogen (secondary N) is 1. The van der Waals surface area contributed by atoms with Crippen LogP contribution in [0.4, 0.5) is 5.82 Å². The summed E-state index contributed by atoms with van der Waals surface area (Å²) in [5.41, 5.74) is 7.23. The fourth-order valence-electron chi connectivity index (χ4n) is 8.39. The number of carboxylic acids is 1. The molecule has 0 radical (unpaired) electrons. The van der Waals surface area contributed by atoms with Crippen LogP contribution in [0.1, 0.15) is 115 Å². The zero-order valence-corrected chi connectivity index (χ0v) is 31.1. The van der Waals surface area contributed by atoms with Gasteiger partial charge in [0.25, 0.3) is 0 Å². The zero-order chi connectivity index (χ0) is 36.6. The van der Waals surface area contributed by atoms with E-state index in [0.29, 0.717) is 43.8 Å². The molecule has 1 aromatic heterocycles. The van der Waals surface area contributed by atoms with Gasteiger partial charge in [-0.15, -0.1) is 0 Å². The molecule has 0 bridgehead atoms. The molecule has 0 saturated heterocycles. The summed E-state index contributed by atoms with van der Waals surface area (Å²) in [4.78, 5) is 16.4. The van der Waals surface area contributed by atoms with Crippen LogP contribution < -0.4 is 11.1 Å². The van der Waals surface area contributed by atoms with Gasteiger partial charge in [-0.05, 0) is 112 Å². The quantitative estimate of drug-likeness (QED) is 0.0543. The topological polar surface area (TPSA) is 149 Å². The van der Waals surface area contributed by atoms with Crippen molar-refractivity contribution in [2.24, 2.45) is 29.6 Å². The third-order valence-electron chi connectivity index (χ3n) is 11.5. The molecule has 4 rings (SSSR count). The predicted octanol–water partition coefficient (Wildman–Crippen LogP) is 7.58. The van der Waals surface area contributed by atoms with Crippen molar-refractivity contribution in [1.82, 2.24) is 10.3 Å². The van der Waals surface area contributed by atoms with Gasteiger partial charge in [-0.25, -0.2) is 4.98 Å². The van der Waals surface area contributed by atoms with E-state index in [4.69, 9.17) is 5.73 Å². The van der Waals surface area contributed by atoms with Crippen LogP contribution in [0.5, 0.6) is 0 Å². The van der Waals surface area contributed by atoms with Crippen LogP contribution in [0.3, 0.4) is 0 Å². The highest BCUT2D eigenvalue weighted by molar-refractivity contribution is 5.70. The number of unbranched alkanes of at least 4 members (excludes halogenated alkanes) is 4. The number of hydrogen-bond donors (Lipinski definition) is 6. The lowest BCUT2D eigenvalue weighted by atomic mass is 9.81. The molecule has 8 nitrogen and oxygen atoms in total. The number of aliphatic carboxylic acids is 1. The maximum absolute atomic E-state index is 12.2. The molecule has 2 aliphatic rings. The van der Waals surface area contributed by atoms with Gasteiger partial charge in [0.05, 0.1) is 23.7 Å². The van der Waals surface area contributed by atoms with Crippen molar-refractivity contribution in [2.75, 3.05) is 12.3 Å². The summed E-state index contributed by atoms with van der Waals surface area (Å²) in [5.74, 6) is -0.299. The van der Waals surface area contributed by atoms with E-state index in [1.807, 2.05) is 30.3 Å². The number of carboxylic acid groups (broad SMARTS) is 1. The number of aliphatic hydroxyl groups excluding tert-OH is 2. The van der Waals surface area contributed by atoms with Gasteiger partial charge in [0.2, 0.25) is 0 Å². The van der Waals surface area contributed by atoms with Crippen molar-refractivity contribution in [2.45, 2.75) is 134 Å². The summed E-state index contributed by atoms with van der Waals surface area (Å²) in [6.45, 7) is 5.07. The molecule has 0 unspecified atom stereocenters. The molecular weight excluding hydrogens is 638 g/mol. The van der Waals surface area contributed by atoms with E-state index in [0.717, 1.165) is 56.2 Å². The Morgan fingerprint density at radius 3 is 2.53 bits per heavy atom. The van der Waals surface area contributed by atoms with Gasteiger partial charge >= 0.3 is 5.97 Å². The Kier molecular flexibility index (Phi) is 16.7. The van der Waals surface area contributed by atoms with Gasteiger partial charge in [-0.3, -0.25) is 4.79 Å². The number of pyridine rings is 1. The Bertz CT molecular complexity index is 1370. The molecule has 2 aromatic rings. The van der Waals surface area contributed by atoms with E-state index in [9.17, 15) is 25.2 Å². The standard InChI is InChI=1S/C43H65N3O5/c1-3-4-7-14-33-19-20-35(40(48)26-33)15-10-6-11-16-38(42(49)50)39(47)21-23-43(51)28-36(25-34-22-24-45-41(44)27-34)37(29-43)30-46-31(2)17-18-32-12-8-5-9-13-32/h5,8-9,12-13,17-20,22,24,27,31,33,35-40,46-48,51H,3-4,6-7,10-11,14-16,21,23,25-26,28-30H2,1-2H3,(H2,44,45)(H,49,50)/b18-17+/t31-,33+,35+,36+,37-,38-,39+,40+,43+/m0/s1. The second kappa shape index (κ2) is 20.9. The molecule has 1 fully saturated rings. The highest BCUT2D eigenvalue weighted by Crippen LogP contribution is 2.44. The van der Waals surface area contributed by atoms with Gasteiger partial charge in [0.15, 0.2) is 0 Å². The van der Waals surface area contributed by atoms with Crippen LogP contribution in [-0.4, -0.2) is 61.8 Å². The van der Waals surface area contributed by atoms with Gasteiger partial charge < -0.3 is 31.5 Å². The molecular formula is C43H65N3O5. The minimum absolute atomic E-state index is 0.145. The summed E-state index contributed by atoms with van der Waals surface area (Å²) in [7, 11) is 0. The number of carbonyl (C=O) groups is 1. The molecule has 9 atom stereocenters. The predicted molar refractivity (Wildman–Crippen MR) is 207 cm³/mol. The van der Waals surface area contributed by atoms with E-state index >= 15 is 0 Å². The Morgan fingerprint density at radius 1 is 1.04 bits per heavy atom. The Hall–Kier alpha value is -3.04. The number of anilines is 1. The number of nitrogen functional groups attached to an aromatic ring is 1. The zero-order valence-electron chi connectivity index (χ0n) is 31.1. The largest absolute Gasteiger partial charge is 0.481 e. The number of nitrogens with two attached hydrogens (primary N) is 1. The number of hydrogen-bond acceptors (Lipinski definition) is 7. The SMILES string of the molecule is CCCCC[C@@H]1C=C[C@@H](CCCCC[C@H](C(=O)O)[C@H](O)CC[C@]2(O)C[C@@H](CN[C@@H](C)/C=C/c3ccccc3)[C@H](Cc3ccnc(N)c3)C2)[C@H](O)C1. The maximum Gasteiger partial charge on any atom is 0.309 e. The number of nitrogens with zero attached hydrogens (tertiary/aromatic N) is 1. The first-order valence-corrected chi connectivity index (χ1v) is 19.7. The number of aromatic nitrogens is 1. The second-order valence-corrected chi connectivity index (χ2v) is 15.7. The third kappa shape index (κ3) is 13.8. The minimum Gasteiger partial charge on any atom is -0.481 e. The van der Waals surface area contributed by atoms with Crippen molar-refractivity contribution in [1.29, 1.82) is 0 Å². The van der Waals surface area contributed by atoms with Crippen molar-refractivity contribution in [3.05, 3.63) is 78.0 Å². The highest BCUT2D eigenvalue weighted by Gasteiger charge is 2.44. The lowest BCUT2D eigenvalue weighted by Gasteiger charge is -2.28. The Morgan fingerprint density at radius 2 is 1.80 bits per heavy atom. The van der Waals surface area contributed by atoms with Crippen molar-refractivity contribution >= 4 is 17.9 Å². The van der Waals surface area contributed by atoms with E-state index < -0.39 is 23.6 Å². The maximum atomic E-state index is 12.2. The fraction of sp³-hybridized carbons (Fsp3) is 0.628. The number of allylic oxidation sites excluding steroid dienone is 1. The molecule has 0 spiro atoms. The van der Waals surface area contributed by atoms with E-state index in [2.05, 4.69) is 60.6 Å². The van der Waals surface area contributed by atoms with E-state index in [-0.39, 0.29) is 36.3 Å². The Labute approximate surface area is 306 Å².